The first-order valence-corrected chi connectivity index (χ1v) is 19.4. The van der Waals surface area contributed by atoms with Crippen LogP contribution in [0.3, 0.4) is 0 Å². The number of hydrogen-bond donors (Lipinski definition) is 0. The molecule has 0 saturated carbocycles. The molecular weight excluding hydrogens is 783 g/mol. The molecular formula is C51H45Cl3O4. The van der Waals surface area contributed by atoms with Crippen molar-refractivity contribution in [3.63, 3.8) is 0 Å². The van der Waals surface area contributed by atoms with Crippen molar-refractivity contribution in [1.82, 2.24) is 0 Å². The van der Waals surface area contributed by atoms with Crippen LogP contribution in [0.1, 0.15) is 74.7 Å². The van der Waals surface area contributed by atoms with Gasteiger partial charge in [0.1, 0.15) is 0 Å². The highest BCUT2D eigenvalue weighted by atomic mass is 35.5. The lowest BCUT2D eigenvalue weighted by molar-refractivity contribution is 0.100. The summed E-state index contributed by atoms with van der Waals surface area (Å²) in [6, 6.07) is 57.1. The van der Waals surface area contributed by atoms with Crippen molar-refractivity contribution >= 4 is 57.9 Å². The lowest BCUT2D eigenvalue weighted by atomic mass is 10.0. The molecule has 7 rings (SSSR count). The van der Waals surface area contributed by atoms with E-state index in [9.17, 15) is 19.2 Å². The molecule has 0 aromatic heterocycles. The number of benzene rings is 7. The zero-order valence-corrected chi connectivity index (χ0v) is 35.4. The highest BCUT2D eigenvalue weighted by Crippen LogP contribution is 2.20. The predicted molar refractivity (Wildman–Crippen MR) is 243 cm³/mol. The maximum absolute atomic E-state index is 11.1. The van der Waals surface area contributed by atoms with E-state index in [2.05, 4.69) is 24.3 Å². The second-order valence-electron chi connectivity index (χ2n) is 12.9. The fraction of sp³-hybridized carbons (Fsp3) is 0.0980. The molecule has 0 fully saturated rings. The molecule has 0 bridgehead atoms. The number of ketones is 4. The van der Waals surface area contributed by atoms with Gasteiger partial charge >= 0.3 is 0 Å². The van der Waals surface area contributed by atoms with Crippen LogP contribution < -0.4 is 0 Å². The SMILES string of the molecule is CC(=O)c1ccc(-c2ccccc2)cc1.CC(=O)c1ccc(-c2ccccc2)cc1.CC(=O)c1ccc(Cl)cc1.CC(=O)c1ccc(Cl)cc1.Cc1ccc(Cl)cc1. The standard InChI is InChI=1S/2C14H12O.2C8H7ClO.C7H7Cl/c2*1-11(15)12-7-9-14(10-8-12)13-5-3-2-4-6-13;2*1-6(10)7-2-4-8(9)5-3-7;1-6-2-4-7(8)5-3-6/h2*2-10H,1H3;2*2-5H,1H3;2-5H,1H3. The largest absolute Gasteiger partial charge is 0.295 e. The molecule has 0 aliphatic carbocycles. The Kier molecular flexibility index (Phi) is 19.8. The number of halogens is 3. The minimum Gasteiger partial charge on any atom is -0.295 e. The number of rotatable bonds is 6. The highest BCUT2D eigenvalue weighted by Gasteiger charge is 2.02. The van der Waals surface area contributed by atoms with E-state index in [1.807, 2.05) is 116 Å². The maximum Gasteiger partial charge on any atom is 0.159 e. The van der Waals surface area contributed by atoms with E-state index >= 15 is 0 Å². The summed E-state index contributed by atoms with van der Waals surface area (Å²) in [5, 5.41) is 2.12. The van der Waals surface area contributed by atoms with Gasteiger partial charge in [-0.25, -0.2) is 0 Å². The van der Waals surface area contributed by atoms with Crippen LogP contribution in [-0.4, -0.2) is 23.1 Å². The van der Waals surface area contributed by atoms with Crippen LogP contribution >= 0.6 is 34.8 Å². The summed E-state index contributed by atoms with van der Waals surface area (Å²) >= 11 is 16.8. The second kappa shape index (κ2) is 24.7. The minimum atomic E-state index is 0.0664. The van der Waals surface area contributed by atoms with Crippen LogP contribution in [0.5, 0.6) is 0 Å². The van der Waals surface area contributed by atoms with Crippen molar-refractivity contribution in [2.75, 3.05) is 0 Å². The van der Waals surface area contributed by atoms with Crippen molar-refractivity contribution in [1.29, 1.82) is 0 Å². The molecule has 4 nitrogen and oxygen atoms in total. The van der Waals surface area contributed by atoms with Crippen molar-refractivity contribution in [2.24, 2.45) is 0 Å². The Balaban J connectivity index is 0.000000198. The van der Waals surface area contributed by atoms with Crippen LogP contribution in [0.25, 0.3) is 22.3 Å². The van der Waals surface area contributed by atoms with Gasteiger partial charge in [0, 0.05) is 37.3 Å². The number of hydrogen-bond acceptors (Lipinski definition) is 4. The second-order valence-corrected chi connectivity index (χ2v) is 14.2. The van der Waals surface area contributed by atoms with Gasteiger partial charge in [-0.1, -0.05) is 162 Å². The van der Waals surface area contributed by atoms with E-state index in [0.717, 1.165) is 27.3 Å². The number of aryl methyl sites for hydroxylation is 1. The van der Waals surface area contributed by atoms with Crippen LogP contribution in [0.2, 0.25) is 15.1 Å². The summed E-state index contributed by atoms with van der Waals surface area (Å²) in [4.78, 5) is 43.6. The maximum atomic E-state index is 11.1. The topological polar surface area (TPSA) is 68.3 Å². The Morgan fingerprint density at radius 2 is 0.500 bits per heavy atom. The lowest BCUT2D eigenvalue weighted by Crippen LogP contribution is -1.90. The molecule has 0 N–H and O–H groups in total. The molecule has 0 saturated heterocycles. The third-order valence-corrected chi connectivity index (χ3v) is 9.07. The van der Waals surface area contributed by atoms with E-state index in [1.165, 1.54) is 30.5 Å². The molecule has 294 valence electrons. The lowest BCUT2D eigenvalue weighted by Gasteiger charge is -2.01. The van der Waals surface area contributed by atoms with E-state index in [4.69, 9.17) is 34.8 Å². The summed E-state index contributed by atoms with van der Waals surface area (Å²) < 4.78 is 0. The first-order chi connectivity index (χ1) is 27.7. The van der Waals surface area contributed by atoms with E-state index < -0.39 is 0 Å². The Labute approximate surface area is 357 Å². The molecule has 58 heavy (non-hydrogen) atoms. The van der Waals surface area contributed by atoms with Crippen LogP contribution in [0.4, 0.5) is 0 Å². The minimum absolute atomic E-state index is 0.0664. The van der Waals surface area contributed by atoms with Gasteiger partial charge in [0.25, 0.3) is 0 Å². The molecule has 0 unspecified atom stereocenters. The third kappa shape index (κ3) is 17.1. The molecule has 0 spiro atoms. The highest BCUT2D eigenvalue weighted by molar-refractivity contribution is 6.31. The van der Waals surface area contributed by atoms with Crippen molar-refractivity contribution in [3.8, 4) is 22.3 Å². The first kappa shape index (κ1) is 46.5. The molecule has 0 amide bonds. The molecule has 0 aliphatic heterocycles. The van der Waals surface area contributed by atoms with E-state index in [0.29, 0.717) is 21.2 Å². The van der Waals surface area contributed by atoms with Crippen LogP contribution in [0.15, 0.2) is 182 Å². The molecule has 0 heterocycles. The fourth-order valence-electron chi connectivity index (χ4n) is 4.96. The molecule has 7 heteroatoms. The monoisotopic (exact) mass is 826 g/mol. The smallest absolute Gasteiger partial charge is 0.159 e. The summed E-state index contributed by atoms with van der Waals surface area (Å²) in [6.07, 6.45) is 0. The average molecular weight is 828 g/mol. The van der Waals surface area contributed by atoms with Gasteiger partial charge in [-0.2, -0.15) is 0 Å². The van der Waals surface area contributed by atoms with Crippen molar-refractivity contribution in [3.05, 3.63) is 225 Å². The summed E-state index contributed by atoms with van der Waals surface area (Å²) in [6.45, 7) is 8.26. The Hall–Kier alpha value is -5.91. The Morgan fingerprint density at radius 1 is 0.293 bits per heavy atom. The van der Waals surface area contributed by atoms with Gasteiger partial charge in [-0.15, -0.1) is 0 Å². The van der Waals surface area contributed by atoms with Gasteiger partial charge in [-0.05, 0) is 118 Å². The zero-order valence-electron chi connectivity index (χ0n) is 33.1. The normalized spacial score (nSPS) is 9.66. The van der Waals surface area contributed by atoms with Gasteiger partial charge in [0.05, 0.1) is 0 Å². The van der Waals surface area contributed by atoms with Crippen LogP contribution in [-0.2, 0) is 0 Å². The number of Topliss-reactive ketones (excluding diaryl/α,β-unsaturated/α-hetero) is 4. The zero-order chi connectivity index (χ0) is 42.5. The summed E-state index contributed by atoms with van der Waals surface area (Å²) in [5.41, 5.74) is 8.79. The van der Waals surface area contributed by atoms with E-state index in [1.54, 1.807) is 62.4 Å². The first-order valence-electron chi connectivity index (χ1n) is 18.3. The average Bonchev–Trinajstić information content (AvgIpc) is 3.24. The van der Waals surface area contributed by atoms with Gasteiger partial charge in [-0.3, -0.25) is 19.2 Å². The number of carbonyl (C=O) groups is 4. The van der Waals surface area contributed by atoms with E-state index in [-0.39, 0.29) is 23.1 Å². The molecule has 0 radical (unpaired) electrons. The van der Waals surface area contributed by atoms with Gasteiger partial charge < -0.3 is 0 Å². The Morgan fingerprint density at radius 3 is 0.724 bits per heavy atom. The molecule has 0 atom stereocenters. The van der Waals surface area contributed by atoms with Gasteiger partial charge in [0.2, 0.25) is 0 Å². The third-order valence-electron chi connectivity index (χ3n) is 8.31. The quantitative estimate of drug-likeness (QED) is 0.157. The predicted octanol–water partition coefficient (Wildman–Crippen LogP) is 14.8. The van der Waals surface area contributed by atoms with Gasteiger partial charge in [0.15, 0.2) is 23.1 Å². The van der Waals surface area contributed by atoms with Crippen molar-refractivity contribution < 1.29 is 19.2 Å². The summed E-state index contributed by atoms with van der Waals surface area (Å²) in [5.74, 6) is 0.345. The molecule has 7 aromatic carbocycles. The van der Waals surface area contributed by atoms with Crippen molar-refractivity contribution in [2.45, 2.75) is 34.6 Å². The number of carbonyl (C=O) groups excluding carboxylic acids is 4. The molecule has 0 aliphatic rings. The summed E-state index contributed by atoms with van der Waals surface area (Å²) in [7, 11) is 0. The Bertz CT molecular complexity index is 2150. The van der Waals surface area contributed by atoms with Crippen LogP contribution in [0, 0.1) is 6.92 Å². The molecule has 7 aromatic rings. The fourth-order valence-corrected chi connectivity index (χ4v) is 5.34.